The van der Waals surface area contributed by atoms with Gasteiger partial charge in [-0.25, -0.2) is 0 Å². The van der Waals surface area contributed by atoms with E-state index in [4.69, 9.17) is 16.3 Å². The van der Waals surface area contributed by atoms with Crippen molar-refractivity contribution in [1.82, 2.24) is 10.9 Å². The van der Waals surface area contributed by atoms with Crippen LogP contribution in [-0.2, 0) is 0 Å². The largest absolute Gasteiger partial charge is 0.492 e. The van der Waals surface area contributed by atoms with E-state index in [0.717, 1.165) is 12.8 Å². The molecule has 0 bridgehead atoms. The van der Waals surface area contributed by atoms with E-state index in [9.17, 15) is 9.59 Å². The van der Waals surface area contributed by atoms with Crippen LogP contribution in [0.25, 0.3) is 0 Å². The summed E-state index contributed by atoms with van der Waals surface area (Å²) in [7, 11) is 0. The molecule has 2 aromatic rings. The van der Waals surface area contributed by atoms with Crippen molar-refractivity contribution >= 4 is 39.3 Å². The minimum atomic E-state index is -0.486. The zero-order valence-corrected chi connectivity index (χ0v) is 17.4. The first-order chi connectivity index (χ1) is 13.0. The minimum Gasteiger partial charge on any atom is -0.492 e. The number of carbonyl (C=O) groups excluding carboxylic acids is 2. The Morgan fingerprint density at radius 1 is 1.04 bits per heavy atom. The van der Waals surface area contributed by atoms with Crippen LogP contribution in [0, 0.1) is 0 Å². The lowest BCUT2D eigenvalue weighted by molar-refractivity contribution is 0.0846. The van der Waals surface area contributed by atoms with Gasteiger partial charge in [0.05, 0.1) is 21.7 Å². The Bertz CT molecular complexity index is 799. The van der Waals surface area contributed by atoms with Gasteiger partial charge in [0.2, 0.25) is 0 Å². The Morgan fingerprint density at radius 3 is 2.48 bits per heavy atom. The topological polar surface area (TPSA) is 67.4 Å². The molecule has 0 aliphatic rings. The molecule has 2 rings (SSSR count). The Kier molecular flexibility index (Phi) is 8.61. The third-order valence-corrected chi connectivity index (χ3v) is 4.81. The van der Waals surface area contributed by atoms with Crippen molar-refractivity contribution in [1.29, 1.82) is 0 Å². The molecule has 27 heavy (non-hydrogen) atoms. The molecule has 0 heterocycles. The lowest BCUT2D eigenvalue weighted by Gasteiger charge is -2.11. The molecule has 2 N–H and O–H groups in total. The number of nitrogens with one attached hydrogen (secondary N) is 2. The highest BCUT2D eigenvalue weighted by molar-refractivity contribution is 9.10. The van der Waals surface area contributed by atoms with Crippen LogP contribution >= 0.6 is 27.5 Å². The number of amides is 2. The van der Waals surface area contributed by atoms with Crippen molar-refractivity contribution in [2.24, 2.45) is 0 Å². The summed E-state index contributed by atoms with van der Waals surface area (Å²) in [5, 5.41) is 0.312. The van der Waals surface area contributed by atoms with Gasteiger partial charge in [0, 0.05) is 5.56 Å². The lowest BCUT2D eigenvalue weighted by atomic mass is 10.2. The van der Waals surface area contributed by atoms with Gasteiger partial charge in [-0.05, 0) is 52.7 Å². The quantitative estimate of drug-likeness (QED) is 0.430. The minimum absolute atomic E-state index is 0.285. The summed E-state index contributed by atoms with van der Waals surface area (Å²) in [6.45, 7) is 2.80. The maximum absolute atomic E-state index is 12.2. The summed E-state index contributed by atoms with van der Waals surface area (Å²) in [5.74, 6) is -0.242. The summed E-state index contributed by atoms with van der Waals surface area (Å²) in [6.07, 6.45) is 4.51. The highest BCUT2D eigenvalue weighted by Crippen LogP contribution is 2.26. The molecule has 144 valence electrons. The van der Waals surface area contributed by atoms with Gasteiger partial charge in [-0.15, -0.1) is 0 Å². The summed E-state index contributed by atoms with van der Waals surface area (Å²) < 4.78 is 6.41. The molecule has 0 aromatic heterocycles. The van der Waals surface area contributed by atoms with Crippen LogP contribution in [0.3, 0.4) is 0 Å². The van der Waals surface area contributed by atoms with Crippen molar-refractivity contribution < 1.29 is 14.3 Å². The summed E-state index contributed by atoms with van der Waals surface area (Å²) in [6, 6.07) is 11.6. The van der Waals surface area contributed by atoms with Crippen molar-refractivity contribution in [3.63, 3.8) is 0 Å². The average Bonchev–Trinajstić information content (AvgIpc) is 2.67. The molecule has 2 aromatic carbocycles. The molecule has 0 spiro atoms. The highest BCUT2D eigenvalue weighted by Gasteiger charge is 2.13. The molecule has 0 saturated heterocycles. The third kappa shape index (κ3) is 6.56. The van der Waals surface area contributed by atoms with Crippen molar-refractivity contribution in [3.8, 4) is 5.75 Å². The Labute approximate surface area is 172 Å². The number of halogens is 2. The highest BCUT2D eigenvalue weighted by atomic mass is 79.9. The molecule has 7 heteroatoms. The van der Waals surface area contributed by atoms with Gasteiger partial charge in [-0.1, -0.05) is 49.9 Å². The van der Waals surface area contributed by atoms with Gasteiger partial charge in [-0.2, -0.15) is 0 Å². The zero-order chi connectivity index (χ0) is 19.6. The maximum Gasteiger partial charge on any atom is 0.271 e. The van der Waals surface area contributed by atoms with Crippen molar-refractivity contribution in [2.45, 2.75) is 32.6 Å². The fourth-order valence-electron chi connectivity index (χ4n) is 2.37. The normalized spacial score (nSPS) is 10.3. The number of rotatable bonds is 8. The predicted octanol–water partition coefficient (Wildman–Crippen LogP) is 5.14. The van der Waals surface area contributed by atoms with E-state index in [0.29, 0.717) is 27.4 Å². The Balaban J connectivity index is 1.88. The molecule has 0 unspecified atom stereocenters. The smallest absolute Gasteiger partial charge is 0.271 e. The van der Waals surface area contributed by atoms with Crippen LogP contribution in [0.1, 0.15) is 53.3 Å². The van der Waals surface area contributed by atoms with Gasteiger partial charge in [0.15, 0.2) is 0 Å². The molecule has 0 radical (unpaired) electrons. The Hall–Kier alpha value is -2.05. The number of hydrogen-bond acceptors (Lipinski definition) is 3. The van der Waals surface area contributed by atoms with Crippen LogP contribution < -0.4 is 15.6 Å². The van der Waals surface area contributed by atoms with Crippen LogP contribution in [-0.4, -0.2) is 18.4 Å². The van der Waals surface area contributed by atoms with Gasteiger partial charge < -0.3 is 4.74 Å². The second-order valence-electron chi connectivity index (χ2n) is 5.94. The molecule has 2 amide bonds. The van der Waals surface area contributed by atoms with Crippen LogP contribution in [0.5, 0.6) is 5.75 Å². The molecule has 0 aliphatic carbocycles. The second kappa shape index (κ2) is 10.9. The summed E-state index contributed by atoms with van der Waals surface area (Å²) in [4.78, 5) is 24.3. The zero-order valence-electron chi connectivity index (χ0n) is 15.1. The first-order valence-electron chi connectivity index (χ1n) is 8.80. The Morgan fingerprint density at radius 2 is 1.78 bits per heavy atom. The molecular weight excluding hydrogens is 432 g/mol. The maximum atomic E-state index is 12.2. The van der Waals surface area contributed by atoms with E-state index in [2.05, 4.69) is 33.7 Å². The van der Waals surface area contributed by atoms with E-state index in [-0.39, 0.29) is 5.56 Å². The molecule has 0 saturated carbocycles. The number of unbranched alkanes of at least 4 members (excludes halogenated alkanes) is 3. The monoisotopic (exact) mass is 452 g/mol. The van der Waals surface area contributed by atoms with E-state index < -0.39 is 11.8 Å². The van der Waals surface area contributed by atoms with E-state index in [1.54, 1.807) is 42.5 Å². The first-order valence-corrected chi connectivity index (χ1v) is 9.97. The number of benzene rings is 2. The van der Waals surface area contributed by atoms with Gasteiger partial charge in [0.1, 0.15) is 5.75 Å². The third-order valence-electron chi connectivity index (χ3n) is 3.86. The fraction of sp³-hybridized carbons (Fsp3) is 0.300. The molecule has 0 atom stereocenters. The van der Waals surface area contributed by atoms with E-state index >= 15 is 0 Å². The van der Waals surface area contributed by atoms with Crippen molar-refractivity contribution in [3.05, 3.63) is 63.1 Å². The van der Waals surface area contributed by atoms with Crippen LogP contribution in [0.15, 0.2) is 46.9 Å². The molecular formula is C20H22BrClN2O3. The molecule has 0 fully saturated rings. The lowest BCUT2D eigenvalue weighted by Crippen LogP contribution is -2.41. The van der Waals surface area contributed by atoms with Crippen LogP contribution in [0.2, 0.25) is 5.02 Å². The number of hydrogen-bond donors (Lipinski definition) is 2. The van der Waals surface area contributed by atoms with E-state index in [1.807, 2.05) is 0 Å². The van der Waals surface area contributed by atoms with E-state index in [1.165, 1.54) is 12.8 Å². The SMILES string of the molecule is CCCCCCOc1ccc(C(=O)NNC(=O)c2ccccc2Cl)cc1Br. The predicted molar refractivity (Wildman–Crippen MR) is 110 cm³/mol. The summed E-state index contributed by atoms with van der Waals surface area (Å²) in [5.41, 5.74) is 5.41. The molecule has 0 aliphatic heterocycles. The second-order valence-corrected chi connectivity index (χ2v) is 7.20. The average molecular weight is 454 g/mol. The number of ether oxygens (including phenoxy) is 1. The van der Waals surface area contributed by atoms with Crippen LogP contribution in [0.4, 0.5) is 0 Å². The standard InChI is InChI=1S/C20H22BrClN2O3/c1-2-3-4-7-12-27-18-11-10-14(13-16(18)21)19(25)23-24-20(26)15-8-5-6-9-17(15)22/h5-6,8-11,13H,2-4,7,12H2,1H3,(H,23,25)(H,24,26). The fourth-order valence-corrected chi connectivity index (χ4v) is 3.08. The van der Waals surface area contributed by atoms with Gasteiger partial charge >= 0.3 is 0 Å². The van der Waals surface area contributed by atoms with Gasteiger partial charge in [-0.3, -0.25) is 20.4 Å². The van der Waals surface area contributed by atoms with Gasteiger partial charge in [0.25, 0.3) is 11.8 Å². The van der Waals surface area contributed by atoms with Crippen molar-refractivity contribution in [2.75, 3.05) is 6.61 Å². The number of carbonyl (C=O) groups is 2. The summed E-state index contributed by atoms with van der Waals surface area (Å²) >= 11 is 9.38. The number of hydrazine groups is 1. The molecule has 5 nitrogen and oxygen atoms in total. The first kappa shape index (κ1) is 21.3.